The van der Waals surface area contributed by atoms with Crippen molar-refractivity contribution in [2.45, 2.75) is 32.2 Å². The van der Waals surface area contributed by atoms with Crippen LogP contribution in [0.25, 0.3) is 11.4 Å². The first kappa shape index (κ1) is 13.2. The van der Waals surface area contributed by atoms with Crippen LogP contribution in [-0.2, 0) is 11.2 Å². The number of aryl methyl sites for hydroxylation is 1. The number of hydrogen-bond acceptors (Lipinski definition) is 2. The zero-order valence-electron chi connectivity index (χ0n) is 11.1. The van der Waals surface area contributed by atoms with Crippen molar-refractivity contribution in [1.29, 1.82) is 0 Å². The molecular formula is C15H15ClN2O2. The second kappa shape index (κ2) is 4.94. The molecule has 0 aliphatic carbocycles. The first-order valence-electron chi connectivity index (χ1n) is 6.65. The number of fused-ring (bicyclic) bond motifs is 1. The smallest absolute Gasteiger partial charge is 0.326 e. The summed E-state index contributed by atoms with van der Waals surface area (Å²) in [5, 5.41) is 9.87. The number of benzene rings is 1. The fraction of sp³-hybridized carbons (Fsp3) is 0.333. The minimum absolute atomic E-state index is 0.425. The zero-order chi connectivity index (χ0) is 14.3. The molecule has 2 aromatic rings. The van der Waals surface area contributed by atoms with Gasteiger partial charge in [0.2, 0.25) is 0 Å². The number of carboxylic acids is 1. The van der Waals surface area contributed by atoms with E-state index >= 15 is 0 Å². The summed E-state index contributed by atoms with van der Waals surface area (Å²) in [5.74, 6) is -0.162. The lowest BCUT2D eigenvalue weighted by Gasteiger charge is -2.24. The van der Waals surface area contributed by atoms with Gasteiger partial charge in [0, 0.05) is 5.56 Å². The Morgan fingerprint density at radius 1 is 1.45 bits per heavy atom. The van der Waals surface area contributed by atoms with Gasteiger partial charge in [-0.25, -0.2) is 9.78 Å². The van der Waals surface area contributed by atoms with Gasteiger partial charge in [0.25, 0.3) is 0 Å². The molecule has 0 fully saturated rings. The lowest BCUT2D eigenvalue weighted by atomic mass is 10.0. The van der Waals surface area contributed by atoms with Crippen LogP contribution in [-0.4, -0.2) is 20.6 Å². The van der Waals surface area contributed by atoms with Crippen molar-refractivity contribution in [3.63, 3.8) is 0 Å². The van der Waals surface area contributed by atoms with E-state index in [1.165, 1.54) is 0 Å². The monoisotopic (exact) mass is 290 g/mol. The molecule has 0 amide bonds. The summed E-state index contributed by atoms with van der Waals surface area (Å²) in [6, 6.07) is 7.25. The van der Waals surface area contributed by atoms with Gasteiger partial charge in [0.15, 0.2) is 5.15 Å². The molecule has 0 bridgehead atoms. The van der Waals surface area contributed by atoms with Gasteiger partial charge in [0.05, 0.1) is 5.69 Å². The minimum atomic E-state index is -0.824. The first-order chi connectivity index (χ1) is 9.59. The van der Waals surface area contributed by atoms with E-state index in [1.807, 2.05) is 31.2 Å². The van der Waals surface area contributed by atoms with Crippen LogP contribution >= 0.6 is 11.6 Å². The number of hydrogen-bond donors (Lipinski definition) is 1. The van der Waals surface area contributed by atoms with Crippen molar-refractivity contribution in [2.24, 2.45) is 0 Å². The van der Waals surface area contributed by atoms with E-state index in [0.29, 0.717) is 17.4 Å². The number of aromatic nitrogens is 2. The molecule has 0 saturated carbocycles. The van der Waals surface area contributed by atoms with Crippen molar-refractivity contribution < 1.29 is 9.90 Å². The number of imidazole rings is 1. The molecule has 1 aromatic heterocycles. The molecule has 1 atom stereocenters. The highest BCUT2D eigenvalue weighted by Gasteiger charge is 2.31. The molecule has 104 valence electrons. The van der Waals surface area contributed by atoms with E-state index in [4.69, 9.17) is 11.6 Å². The van der Waals surface area contributed by atoms with Crippen LogP contribution in [0.4, 0.5) is 0 Å². The number of nitrogens with zero attached hydrogens (tertiary/aromatic N) is 2. The van der Waals surface area contributed by atoms with Gasteiger partial charge >= 0.3 is 5.97 Å². The second-order valence-corrected chi connectivity index (χ2v) is 5.46. The molecule has 20 heavy (non-hydrogen) atoms. The highest BCUT2D eigenvalue weighted by Crippen LogP contribution is 2.36. The summed E-state index contributed by atoms with van der Waals surface area (Å²) < 4.78 is 1.80. The maximum atomic E-state index is 11.5. The molecule has 1 aliphatic heterocycles. The maximum absolute atomic E-state index is 11.5. The summed E-state index contributed by atoms with van der Waals surface area (Å²) >= 11 is 6.21. The lowest BCUT2D eigenvalue weighted by Crippen LogP contribution is -2.25. The Kier molecular flexibility index (Phi) is 3.26. The van der Waals surface area contributed by atoms with Crippen molar-refractivity contribution >= 4 is 17.6 Å². The predicted octanol–water partition coefficient (Wildman–Crippen LogP) is 3.47. The summed E-state index contributed by atoms with van der Waals surface area (Å²) in [7, 11) is 0. The average Bonchev–Trinajstić information content (AvgIpc) is 2.77. The molecule has 5 heteroatoms. The van der Waals surface area contributed by atoms with Crippen LogP contribution in [0.1, 0.15) is 30.1 Å². The molecule has 3 rings (SSSR count). The van der Waals surface area contributed by atoms with Gasteiger partial charge in [-0.3, -0.25) is 0 Å². The molecule has 1 aromatic carbocycles. The largest absolute Gasteiger partial charge is 0.480 e. The Balaban J connectivity index is 2.23. The molecule has 0 saturated heterocycles. The second-order valence-electron chi connectivity index (χ2n) is 5.10. The van der Waals surface area contributed by atoms with Crippen molar-refractivity contribution in [2.75, 3.05) is 0 Å². The highest BCUT2D eigenvalue weighted by molar-refractivity contribution is 6.30. The first-order valence-corrected chi connectivity index (χ1v) is 7.03. The lowest BCUT2D eigenvalue weighted by molar-refractivity contribution is -0.141. The number of rotatable bonds is 2. The average molecular weight is 291 g/mol. The summed E-state index contributed by atoms with van der Waals surface area (Å²) in [6.45, 7) is 1.99. The van der Waals surface area contributed by atoms with E-state index in [-0.39, 0.29) is 0 Å². The highest BCUT2D eigenvalue weighted by atomic mass is 35.5. The number of carbonyl (C=O) groups is 1. The van der Waals surface area contributed by atoms with Crippen molar-refractivity contribution in [3.8, 4) is 11.4 Å². The van der Waals surface area contributed by atoms with Crippen molar-refractivity contribution in [3.05, 3.63) is 40.7 Å². The number of halogens is 1. The summed E-state index contributed by atoms with van der Waals surface area (Å²) in [5.41, 5.74) is 2.84. The van der Waals surface area contributed by atoms with Crippen LogP contribution in [0.3, 0.4) is 0 Å². The van der Waals surface area contributed by atoms with E-state index < -0.39 is 12.0 Å². The van der Waals surface area contributed by atoms with Crippen LogP contribution in [0.15, 0.2) is 24.3 Å². The van der Waals surface area contributed by atoms with Crippen LogP contribution in [0, 0.1) is 6.92 Å². The fourth-order valence-electron chi connectivity index (χ4n) is 2.84. The normalized spacial score (nSPS) is 17.8. The molecule has 0 radical (unpaired) electrons. The minimum Gasteiger partial charge on any atom is -0.480 e. The van der Waals surface area contributed by atoms with Gasteiger partial charge in [-0.05, 0) is 31.7 Å². The molecule has 2 heterocycles. The Labute approximate surface area is 122 Å². The number of carboxylic acid groups (broad SMARTS) is 1. The topological polar surface area (TPSA) is 55.1 Å². The maximum Gasteiger partial charge on any atom is 0.326 e. The third kappa shape index (κ3) is 2.00. The van der Waals surface area contributed by atoms with Gasteiger partial charge in [-0.1, -0.05) is 35.9 Å². The third-order valence-corrected chi connectivity index (χ3v) is 4.14. The third-order valence-electron chi connectivity index (χ3n) is 3.84. The SMILES string of the molecule is Cc1ccccc1-c1nc(Cl)c2n1C(C(=O)O)CCC2. The molecule has 0 spiro atoms. The Bertz CT molecular complexity index is 679. The quantitative estimate of drug-likeness (QED) is 0.921. The Morgan fingerprint density at radius 2 is 2.20 bits per heavy atom. The van der Waals surface area contributed by atoms with Crippen LogP contribution < -0.4 is 0 Å². The van der Waals surface area contributed by atoms with Crippen molar-refractivity contribution in [1.82, 2.24) is 9.55 Å². The molecule has 1 unspecified atom stereocenters. The number of aliphatic carboxylic acids is 1. The van der Waals surface area contributed by atoms with E-state index in [2.05, 4.69) is 4.98 Å². The molecule has 4 nitrogen and oxygen atoms in total. The summed E-state index contributed by atoms with van der Waals surface area (Å²) in [4.78, 5) is 15.9. The van der Waals surface area contributed by atoms with Gasteiger partial charge in [-0.2, -0.15) is 0 Å². The Morgan fingerprint density at radius 3 is 2.90 bits per heavy atom. The molecule has 1 N–H and O–H groups in total. The van der Waals surface area contributed by atoms with E-state index in [0.717, 1.165) is 29.7 Å². The molecule has 1 aliphatic rings. The van der Waals surface area contributed by atoms with Gasteiger partial charge < -0.3 is 9.67 Å². The molecular weight excluding hydrogens is 276 g/mol. The van der Waals surface area contributed by atoms with Gasteiger partial charge in [-0.15, -0.1) is 0 Å². The zero-order valence-corrected chi connectivity index (χ0v) is 11.9. The predicted molar refractivity (Wildman–Crippen MR) is 77.0 cm³/mol. The van der Waals surface area contributed by atoms with E-state index in [1.54, 1.807) is 4.57 Å². The summed E-state index contributed by atoms with van der Waals surface area (Å²) in [6.07, 6.45) is 2.23. The van der Waals surface area contributed by atoms with Crippen LogP contribution in [0.5, 0.6) is 0 Å². The fourth-order valence-corrected chi connectivity index (χ4v) is 3.10. The van der Waals surface area contributed by atoms with Gasteiger partial charge in [0.1, 0.15) is 11.9 Å². The Hall–Kier alpha value is -1.81. The standard InChI is InChI=1S/C15H15ClN2O2/c1-9-5-2-3-6-10(9)14-17-13(16)11-7-4-8-12(15(19)20)18(11)14/h2-3,5-6,12H,4,7-8H2,1H3,(H,19,20). The van der Waals surface area contributed by atoms with Crippen LogP contribution in [0.2, 0.25) is 5.15 Å². The van der Waals surface area contributed by atoms with E-state index in [9.17, 15) is 9.90 Å².